The third-order valence-electron chi connectivity index (χ3n) is 5.26. The molecule has 130 valence electrons. The van der Waals surface area contributed by atoms with E-state index in [0.717, 1.165) is 5.75 Å². The van der Waals surface area contributed by atoms with Crippen molar-refractivity contribution in [2.45, 2.75) is 30.5 Å². The average Bonchev–Trinajstić information content (AvgIpc) is 3.13. The van der Waals surface area contributed by atoms with Crippen LogP contribution >= 0.6 is 23.2 Å². The molecule has 0 bridgehead atoms. The summed E-state index contributed by atoms with van der Waals surface area (Å²) in [6.45, 7) is 2.96. The van der Waals surface area contributed by atoms with Crippen LogP contribution in [0.2, 0.25) is 0 Å². The fourth-order valence-electron chi connectivity index (χ4n) is 3.32. The van der Waals surface area contributed by atoms with Crippen LogP contribution in [-0.4, -0.2) is 41.1 Å². The van der Waals surface area contributed by atoms with Crippen LogP contribution in [0.5, 0.6) is 5.75 Å². The molecule has 0 radical (unpaired) electrons. The summed E-state index contributed by atoms with van der Waals surface area (Å²) >= 11 is 12.2. The molecular weight excluding hydrogens is 349 g/mol. The number of ketones is 1. The molecular formula is C18H21Cl2NO3. The summed E-state index contributed by atoms with van der Waals surface area (Å²) in [5.74, 6) is 0.816. The Hall–Kier alpha value is -1.26. The van der Waals surface area contributed by atoms with E-state index in [4.69, 9.17) is 27.9 Å². The second kappa shape index (κ2) is 6.23. The van der Waals surface area contributed by atoms with E-state index in [1.165, 1.54) is 0 Å². The average molecular weight is 370 g/mol. The number of nitrogens with zero attached hydrogens (tertiary/aromatic N) is 1. The lowest BCUT2D eigenvalue weighted by molar-refractivity contribution is -0.137. The Morgan fingerprint density at radius 1 is 1.17 bits per heavy atom. The summed E-state index contributed by atoms with van der Waals surface area (Å²) in [6, 6.07) is 7.17. The minimum absolute atomic E-state index is 0.00264. The Labute approximate surface area is 152 Å². The van der Waals surface area contributed by atoms with Crippen LogP contribution < -0.4 is 4.74 Å². The van der Waals surface area contributed by atoms with E-state index in [-0.39, 0.29) is 17.6 Å². The summed E-state index contributed by atoms with van der Waals surface area (Å²) < 4.78 is 4.17. The van der Waals surface area contributed by atoms with Crippen LogP contribution in [0.25, 0.3) is 0 Å². The van der Waals surface area contributed by atoms with Crippen LogP contribution in [0.4, 0.5) is 0 Å². The molecule has 1 saturated carbocycles. The Balaban J connectivity index is 1.58. The number of hydrogen-bond acceptors (Lipinski definition) is 3. The minimum Gasteiger partial charge on any atom is -0.497 e. The van der Waals surface area contributed by atoms with Crippen molar-refractivity contribution in [2.24, 2.45) is 11.3 Å². The molecule has 1 aromatic carbocycles. The van der Waals surface area contributed by atoms with Gasteiger partial charge in [0.25, 0.3) is 0 Å². The fourth-order valence-corrected chi connectivity index (χ4v) is 4.01. The number of carbonyl (C=O) groups excluding carboxylic acids is 2. The van der Waals surface area contributed by atoms with Crippen molar-refractivity contribution in [3.63, 3.8) is 0 Å². The van der Waals surface area contributed by atoms with Gasteiger partial charge >= 0.3 is 0 Å². The number of rotatable bonds is 4. The lowest BCUT2D eigenvalue weighted by atomic mass is 9.88. The van der Waals surface area contributed by atoms with Gasteiger partial charge in [0, 0.05) is 24.6 Å². The minimum atomic E-state index is -0.945. The highest BCUT2D eigenvalue weighted by Gasteiger charge is 2.68. The van der Waals surface area contributed by atoms with Crippen molar-refractivity contribution in [1.82, 2.24) is 4.90 Å². The van der Waals surface area contributed by atoms with E-state index < -0.39 is 9.75 Å². The molecule has 1 atom stereocenters. The highest BCUT2D eigenvalue weighted by atomic mass is 35.5. The molecule has 2 aliphatic rings. The van der Waals surface area contributed by atoms with Crippen molar-refractivity contribution in [1.29, 1.82) is 0 Å². The molecule has 1 heterocycles. The first kappa shape index (κ1) is 17.6. The highest BCUT2D eigenvalue weighted by molar-refractivity contribution is 6.53. The number of alkyl halides is 2. The van der Waals surface area contributed by atoms with Gasteiger partial charge in [0.1, 0.15) is 10.1 Å². The Morgan fingerprint density at radius 2 is 1.71 bits per heavy atom. The van der Waals surface area contributed by atoms with E-state index in [9.17, 15) is 9.59 Å². The molecule has 2 fully saturated rings. The topological polar surface area (TPSA) is 46.6 Å². The van der Waals surface area contributed by atoms with Crippen LogP contribution in [0, 0.1) is 11.3 Å². The van der Waals surface area contributed by atoms with Gasteiger partial charge in [-0.2, -0.15) is 0 Å². The monoisotopic (exact) mass is 369 g/mol. The zero-order valence-electron chi connectivity index (χ0n) is 13.9. The van der Waals surface area contributed by atoms with Crippen molar-refractivity contribution < 1.29 is 14.3 Å². The number of methoxy groups -OCH3 is 1. The molecule has 0 aromatic heterocycles. The normalized spacial score (nSPS) is 26.1. The third-order valence-corrected chi connectivity index (χ3v) is 6.36. The molecule has 1 aliphatic heterocycles. The number of benzene rings is 1. The molecule has 1 amide bonds. The highest BCUT2D eigenvalue weighted by Crippen LogP contribution is 2.64. The molecule has 1 aliphatic carbocycles. The fraction of sp³-hybridized carbons (Fsp3) is 0.556. The second-order valence-electron chi connectivity index (χ2n) is 6.87. The largest absolute Gasteiger partial charge is 0.497 e. The number of halogens is 2. The van der Waals surface area contributed by atoms with E-state index in [2.05, 4.69) is 0 Å². The van der Waals surface area contributed by atoms with Gasteiger partial charge in [-0.05, 0) is 50.5 Å². The van der Waals surface area contributed by atoms with Crippen molar-refractivity contribution in [2.75, 3.05) is 20.2 Å². The van der Waals surface area contributed by atoms with Crippen molar-refractivity contribution >= 4 is 34.9 Å². The smallest absolute Gasteiger partial charge is 0.231 e. The summed E-state index contributed by atoms with van der Waals surface area (Å²) in [6.07, 6.45) is 1.83. The molecule has 6 heteroatoms. The number of Topliss-reactive ketones (excluding diaryl/α,β-unsaturated/α-hetero) is 1. The van der Waals surface area contributed by atoms with Gasteiger partial charge in [-0.3, -0.25) is 9.59 Å². The number of piperidine rings is 1. The standard InChI is InChI=1S/C18H21Cl2NO3/c1-17(11-18(17,19)20)16(23)21-9-7-13(8-10-21)15(22)12-3-5-14(24-2)6-4-12/h3-6,13H,7-11H2,1-2H3/t17-/m1/s1. The van der Waals surface area contributed by atoms with Crippen LogP contribution in [0.1, 0.15) is 36.5 Å². The quantitative estimate of drug-likeness (QED) is 0.600. The first-order valence-electron chi connectivity index (χ1n) is 8.14. The molecule has 0 N–H and O–H groups in total. The first-order chi connectivity index (χ1) is 11.3. The molecule has 0 spiro atoms. The molecule has 4 nitrogen and oxygen atoms in total. The van der Waals surface area contributed by atoms with E-state index in [0.29, 0.717) is 37.9 Å². The summed E-state index contributed by atoms with van der Waals surface area (Å²) in [4.78, 5) is 27.0. The summed E-state index contributed by atoms with van der Waals surface area (Å²) in [5.41, 5.74) is 0.0124. The third kappa shape index (κ3) is 3.02. The van der Waals surface area contributed by atoms with E-state index in [1.54, 1.807) is 36.3 Å². The first-order valence-corrected chi connectivity index (χ1v) is 8.89. The maximum absolute atomic E-state index is 12.6. The van der Waals surface area contributed by atoms with Crippen molar-refractivity contribution in [3.05, 3.63) is 29.8 Å². The van der Waals surface area contributed by atoms with E-state index in [1.807, 2.05) is 6.92 Å². The molecule has 1 aromatic rings. The Morgan fingerprint density at radius 3 is 2.17 bits per heavy atom. The van der Waals surface area contributed by atoms with Gasteiger partial charge in [-0.25, -0.2) is 0 Å². The summed E-state index contributed by atoms with van der Waals surface area (Å²) in [5, 5.41) is 0. The van der Waals surface area contributed by atoms with Gasteiger partial charge in [0.15, 0.2) is 5.78 Å². The van der Waals surface area contributed by atoms with Gasteiger partial charge in [0.2, 0.25) is 5.91 Å². The maximum atomic E-state index is 12.6. The Bertz CT molecular complexity index is 651. The number of likely N-dealkylation sites (tertiary alicyclic amines) is 1. The zero-order valence-corrected chi connectivity index (χ0v) is 15.4. The number of amides is 1. The number of ether oxygens (including phenoxy) is 1. The predicted molar refractivity (Wildman–Crippen MR) is 93.8 cm³/mol. The molecule has 0 unspecified atom stereocenters. The van der Waals surface area contributed by atoms with Crippen LogP contribution in [0.15, 0.2) is 24.3 Å². The Kier molecular flexibility index (Phi) is 4.56. The summed E-state index contributed by atoms with van der Waals surface area (Å²) in [7, 11) is 1.60. The van der Waals surface area contributed by atoms with Gasteiger partial charge in [0.05, 0.1) is 12.5 Å². The van der Waals surface area contributed by atoms with Crippen LogP contribution in [-0.2, 0) is 4.79 Å². The van der Waals surface area contributed by atoms with Crippen LogP contribution in [0.3, 0.4) is 0 Å². The second-order valence-corrected chi connectivity index (χ2v) is 8.36. The number of carbonyl (C=O) groups is 2. The van der Waals surface area contributed by atoms with Gasteiger partial charge < -0.3 is 9.64 Å². The maximum Gasteiger partial charge on any atom is 0.231 e. The van der Waals surface area contributed by atoms with E-state index >= 15 is 0 Å². The zero-order chi connectivity index (χ0) is 17.5. The van der Waals surface area contributed by atoms with Gasteiger partial charge in [-0.1, -0.05) is 0 Å². The predicted octanol–water partition coefficient (Wildman–Crippen LogP) is 3.70. The molecule has 1 saturated heterocycles. The number of hydrogen-bond donors (Lipinski definition) is 0. The van der Waals surface area contributed by atoms with Crippen molar-refractivity contribution in [3.8, 4) is 5.75 Å². The lowest BCUT2D eigenvalue weighted by Gasteiger charge is -2.33. The molecule has 3 rings (SSSR count). The molecule has 24 heavy (non-hydrogen) atoms. The SMILES string of the molecule is COc1ccc(C(=O)C2CCN(C(=O)[C@@]3(C)CC3(Cl)Cl)CC2)cc1. The lowest BCUT2D eigenvalue weighted by Crippen LogP contribution is -2.44. The van der Waals surface area contributed by atoms with Gasteiger partial charge in [-0.15, -0.1) is 23.2 Å².